The van der Waals surface area contributed by atoms with Crippen molar-refractivity contribution >= 4 is 11.9 Å². The van der Waals surface area contributed by atoms with E-state index >= 15 is 0 Å². The molecule has 0 radical (unpaired) electrons. The van der Waals surface area contributed by atoms with Gasteiger partial charge in [0.15, 0.2) is 5.69 Å². The van der Waals surface area contributed by atoms with E-state index in [0.717, 1.165) is 16.8 Å². The Hall–Kier alpha value is -4.24. The minimum atomic E-state index is -1.10. The summed E-state index contributed by atoms with van der Waals surface area (Å²) < 4.78 is 3.90. The van der Waals surface area contributed by atoms with Gasteiger partial charge in [0.25, 0.3) is 5.91 Å². The largest absolute Gasteiger partial charge is 0.476 e. The number of imidazole rings is 2. The molecule has 2 aromatic heterocycles. The number of carboxylic acid groups (broad SMARTS) is 1. The second-order valence-electron chi connectivity index (χ2n) is 11.2. The van der Waals surface area contributed by atoms with Gasteiger partial charge in [0.2, 0.25) is 0 Å². The molecular weight excluding hydrogens is 516 g/mol. The third-order valence-corrected chi connectivity index (χ3v) is 7.53. The Kier molecular flexibility index (Phi) is 9.08. The van der Waals surface area contributed by atoms with Crippen molar-refractivity contribution in [2.45, 2.75) is 66.7 Å². The van der Waals surface area contributed by atoms with Gasteiger partial charge in [-0.05, 0) is 36.8 Å². The van der Waals surface area contributed by atoms with E-state index in [1.807, 2.05) is 104 Å². The summed E-state index contributed by atoms with van der Waals surface area (Å²) in [5, 5.41) is 13.0. The molecule has 1 amide bonds. The lowest BCUT2D eigenvalue weighted by molar-refractivity contribution is 0.0689. The molecule has 41 heavy (non-hydrogen) atoms. The van der Waals surface area contributed by atoms with Crippen molar-refractivity contribution in [2.24, 2.45) is 17.6 Å². The van der Waals surface area contributed by atoms with Gasteiger partial charge < -0.3 is 25.3 Å². The van der Waals surface area contributed by atoms with Crippen LogP contribution in [0.3, 0.4) is 0 Å². The lowest BCUT2D eigenvalue weighted by Crippen LogP contribution is -2.34. The molecule has 0 spiro atoms. The molecule has 0 aliphatic heterocycles. The summed E-state index contributed by atoms with van der Waals surface area (Å²) in [5.74, 6) is -0.273. The molecule has 9 nitrogen and oxygen atoms in total. The first-order valence-electron chi connectivity index (χ1n) is 14.0. The van der Waals surface area contributed by atoms with Crippen LogP contribution in [0.25, 0.3) is 0 Å². The Morgan fingerprint density at radius 3 is 1.71 bits per heavy atom. The number of nitrogens with zero attached hydrogens (tertiary/aromatic N) is 4. The van der Waals surface area contributed by atoms with Gasteiger partial charge in [-0.3, -0.25) is 4.79 Å². The van der Waals surface area contributed by atoms with Gasteiger partial charge in [0.1, 0.15) is 17.3 Å². The molecule has 0 unspecified atom stereocenters. The van der Waals surface area contributed by atoms with Gasteiger partial charge in [0.05, 0.1) is 12.1 Å². The number of rotatable bonds is 11. The number of carbonyl (C=O) groups excluding carboxylic acids is 1. The molecule has 2 heterocycles. The number of carboxylic acids is 1. The van der Waals surface area contributed by atoms with E-state index in [-0.39, 0.29) is 29.5 Å². The van der Waals surface area contributed by atoms with Gasteiger partial charge in [-0.15, -0.1) is 0 Å². The molecule has 0 saturated heterocycles. The molecule has 9 heteroatoms. The quantitative estimate of drug-likeness (QED) is 0.231. The number of carbonyl (C=O) groups is 2. The minimum absolute atomic E-state index is 0.0238. The molecule has 216 valence electrons. The van der Waals surface area contributed by atoms with Crippen LogP contribution >= 0.6 is 0 Å². The smallest absolute Gasteiger partial charge is 0.356 e. The molecule has 4 N–H and O–H groups in total. The second kappa shape index (κ2) is 12.5. The SMILES string of the molecule is Cc1c(C(=O)N[C@H](c2nc(C(=O)O)c(C)n2Cc2ccccc2)C(C)C)nc([C@@H](N)C(C)C)n1Cc1ccccc1. The number of aromatic nitrogens is 4. The van der Waals surface area contributed by atoms with Gasteiger partial charge in [-0.2, -0.15) is 0 Å². The highest BCUT2D eigenvalue weighted by Gasteiger charge is 2.31. The lowest BCUT2D eigenvalue weighted by Gasteiger charge is -2.23. The van der Waals surface area contributed by atoms with Crippen LogP contribution in [0.15, 0.2) is 60.7 Å². The van der Waals surface area contributed by atoms with E-state index in [9.17, 15) is 14.7 Å². The molecule has 0 saturated carbocycles. The van der Waals surface area contributed by atoms with Crippen LogP contribution in [0.5, 0.6) is 0 Å². The van der Waals surface area contributed by atoms with Crippen LogP contribution in [-0.2, 0) is 13.1 Å². The van der Waals surface area contributed by atoms with Crippen LogP contribution in [0.4, 0.5) is 0 Å². The predicted octanol–water partition coefficient (Wildman–Crippen LogP) is 5.27. The Morgan fingerprint density at radius 2 is 1.24 bits per heavy atom. The standard InChI is InChI=1S/C32H40N6O3/c1-19(2)25(33)29-34-27(21(5)37(29)17-23-13-9-7-10-14-23)31(39)36-26(20(3)4)30-35-28(32(40)41)22(6)38(30)18-24-15-11-8-12-16-24/h7-16,19-20,25-26H,17-18,33H2,1-6H3,(H,36,39)(H,40,41)/t25-,26-/m0/s1. The van der Waals surface area contributed by atoms with E-state index in [0.29, 0.717) is 36.1 Å². The third-order valence-electron chi connectivity index (χ3n) is 7.53. The Labute approximate surface area is 241 Å². The van der Waals surface area contributed by atoms with Gasteiger partial charge in [-0.1, -0.05) is 88.4 Å². The van der Waals surface area contributed by atoms with E-state index < -0.39 is 12.0 Å². The van der Waals surface area contributed by atoms with E-state index in [4.69, 9.17) is 10.7 Å². The molecule has 0 fully saturated rings. The first-order valence-corrected chi connectivity index (χ1v) is 14.0. The van der Waals surface area contributed by atoms with Crippen molar-refractivity contribution in [1.29, 1.82) is 0 Å². The molecular formula is C32H40N6O3. The number of benzene rings is 2. The summed E-state index contributed by atoms with van der Waals surface area (Å²) >= 11 is 0. The highest BCUT2D eigenvalue weighted by molar-refractivity contribution is 5.94. The van der Waals surface area contributed by atoms with Crippen LogP contribution in [-0.4, -0.2) is 36.1 Å². The minimum Gasteiger partial charge on any atom is -0.476 e. The van der Waals surface area contributed by atoms with Gasteiger partial charge in [0, 0.05) is 24.5 Å². The predicted molar refractivity (Wildman–Crippen MR) is 159 cm³/mol. The molecule has 4 rings (SSSR count). The number of nitrogens with two attached hydrogens (primary N) is 1. The van der Waals surface area contributed by atoms with Crippen LogP contribution < -0.4 is 11.1 Å². The third kappa shape index (κ3) is 6.41. The van der Waals surface area contributed by atoms with Gasteiger partial charge >= 0.3 is 5.97 Å². The second-order valence-corrected chi connectivity index (χ2v) is 11.2. The first-order chi connectivity index (χ1) is 19.5. The number of amides is 1. The maximum atomic E-state index is 13.9. The molecule has 2 aromatic carbocycles. The molecule has 2 atom stereocenters. The highest BCUT2D eigenvalue weighted by atomic mass is 16.4. The van der Waals surface area contributed by atoms with E-state index in [1.54, 1.807) is 6.92 Å². The fraction of sp³-hybridized carbons (Fsp3) is 0.375. The van der Waals surface area contributed by atoms with E-state index in [2.05, 4.69) is 10.3 Å². The molecule has 0 bridgehead atoms. The maximum Gasteiger partial charge on any atom is 0.356 e. The number of nitrogens with one attached hydrogen (secondary N) is 1. The average Bonchev–Trinajstić information content (AvgIpc) is 3.44. The Morgan fingerprint density at radius 1 is 0.780 bits per heavy atom. The van der Waals surface area contributed by atoms with Crippen molar-refractivity contribution in [2.75, 3.05) is 0 Å². The normalized spacial score (nSPS) is 13.0. The summed E-state index contributed by atoms with van der Waals surface area (Å²) in [6.45, 7) is 12.6. The van der Waals surface area contributed by atoms with Crippen molar-refractivity contribution in [3.63, 3.8) is 0 Å². The van der Waals surface area contributed by atoms with Gasteiger partial charge in [-0.25, -0.2) is 14.8 Å². The van der Waals surface area contributed by atoms with Crippen LogP contribution in [0, 0.1) is 25.7 Å². The van der Waals surface area contributed by atoms with Crippen molar-refractivity contribution < 1.29 is 14.7 Å². The summed E-state index contributed by atoms with van der Waals surface area (Å²) in [6.07, 6.45) is 0. The topological polar surface area (TPSA) is 128 Å². The number of hydrogen-bond acceptors (Lipinski definition) is 5. The summed E-state index contributed by atoms with van der Waals surface area (Å²) in [5.41, 5.74) is 10.2. The molecule has 0 aliphatic carbocycles. The number of hydrogen-bond donors (Lipinski definition) is 3. The van der Waals surface area contributed by atoms with Crippen molar-refractivity contribution in [1.82, 2.24) is 24.4 Å². The fourth-order valence-electron chi connectivity index (χ4n) is 4.99. The highest BCUT2D eigenvalue weighted by Crippen LogP contribution is 2.27. The Balaban J connectivity index is 1.74. The van der Waals surface area contributed by atoms with Crippen LogP contribution in [0.1, 0.15) is 94.9 Å². The zero-order chi connectivity index (χ0) is 29.8. The first kappa shape index (κ1) is 29.7. The summed E-state index contributed by atoms with van der Waals surface area (Å²) in [6, 6.07) is 18.9. The zero-order valence-electron chi connectivity index (χ0n) is 24.6. The summed E-state index contributed by atoms with van der Waals surface area (Å²) in [4.78, 5) is 35.2. The van der Waals surface area contributed by atoms with Crippen LogP contribution in [0.2, 0.25) is 0 Å². The maximum absolute atomic E-state index is 13.9. The van der Waals surface area contributed by atoms with Crippen molar-refractivity contribution in [3.8, 4) is 0 Å². The zero-order valence-corrected chi connectivity index (χ0v) is 24.6. The average molecular weight is 557 g/mol. The lowest BCUT2D eigenvalue weighted by atomic mass is 10.0. The summed E-state index contributed by atoms with van der Waals surface area (Å²) in [7, 11) is 0. The molecule has 0 aliphatic rings. The molecule has 4 aromatic rings. The Bertz CT molecular complexity index is 1510. The van der Waals surface area contributed by atoms with Crippen molar-refractivity contribution in [3.05, 3.63) is 106 Å². The van der Waals surface area contributed by atoms with E-state index in [1.165, 1.54) is 0 Å². The fourth-order valence-corrected chi connectivity index (χ4v) is 4.99. The monoisotopic (exact) mass is 556 g/mol. The number of aromatic carboxylic acids is 1.